The van der Waals surface area contributed by atoms with Gasteiger partial charge in [-0.2, -0.15) is 0 Å². The van der Waals surface area contributed by atoms with Crippen molar-refractivity contribution in [3.05, 3.63) is 78.4 Å². The molecule has 0 radical (unpaired) electrons. The first-order valence-electron chi connectivity index (χ1n) is 19.2. The Labute approximate surface area is 312 Å². The summed E-state index contributed by atoms with van der Waals surface area (Å²) in [5.41, 5.74) is 0.0548. The van der Waals surface area contributed by atoms with E-state index in [2.05, 4.69) is 24.5 Å². The van der Waals surface area contributed by atoms with Crippen molar-refractivity contribution in [1.29, 1.82) is 0 Å². The number of unbranched alkanes of at least 4 members (excludes halogenated alkanes) is 1. The number of carbonyl (C=O) groups is 3. The topological polar surface area (TPSA) is 122 Å². The van der Waals surface area contributed by atoms with Crippen molar-refractivity contribution in [2.75, 3.05) is 18.5 Å². The largest absolute Gasteiger partial charge is 0.393 e. The van der Waals surface area contributed by atoms with Crippen LogP contribution in [0.5, 0.6) is 0 Å². The third kappa shape index (κ3) is 12.1. The molecule has 0 aliphatic carbocycles. The molecular formula is C43H64N4O5. The van der Waals surface area contributed by atoms with E-state index in [0.717, 1.165) is 29.2 Å². The second-order valence-electron chi connectivity index (χ2n) is 15.5. The van der Waals surface area contributed by atoms with Crippen LogP contribution in [-0.4, -0.2) is 76.3 Å². The molecule has 0 fully saturated rings. The van der Waals surface area contributed by atoms with Crippen LogP contribution in [-0.2, 0) is 20.9 Å². The van der Waals surface area contributed by atoms with Gasteiger partial charge >= 0.3 is 0 Å². The van der Waals surface area contributed by atoms with Crippen molar-refractivity contribution in [3.63, 3.8) is 0 Å². The summed E-state index contributed by atoms with van der Waals surface area (Å²) in [7, 11) is 1.91. The van der Waals surface area contributed by atoms with Gasteiger partial charge in [-0.1, -0.05) is 114 Å². The van der Waals surface area contributed by atoms with E-state index in [1.54, 1.807) is 11.8 Å². The molecule has 0 aliphatic heterocycles. The summed E-state index contributed by atoms with van der Waals surface area (Å²) in [5, 5.41) is 30.0. The highest BCUT2D eigenvalue weighted by Crippen LogP contribution is 2.32. The lowest BCUT2D eigenvalue weighted by Crippen LogP contribution is -2.65. The van der Waals surface area contributed by atoms with E-state index in [1.165, 1.54) is 0 Å². The first-order valence-corrected chi connectivity index (χ1v) is 19.2. The molecule has 0 spiro atoms. The number of nitrogens with zero attached hydrogens (tertiary/aromatic N) is 2. The zero-order chi connectivity index (χ0) is 38.4. The molecule has 52 heavy (non-hydrogen) atoms. The van der Waals surface area contributed by atoms with Gasteiger partial charge < -0.3 is 20.8 Å². The van der Waals surface area contributed by atoms with Gasteiger partial charge in [-0.05, 0) is 69.0 Å². The Balaban J connectivity index is 2.17. The van der Waals surface area contributed by atoms with Gasteiger partial charge in [0.25, 0.3) is 0 Å². The lowest BCUT2D eigenvalue weighted by molar-refractivity contribution is -0.138. The molecule has 3 aromatic carbocycles. The lowest BCUT2D eigenvalue weighted by atomic mass is 9.83. The van der Waals surface area contributed by atoms with Crippen molar-refractivity contribution in [1.82, 2.24) is 15.5 Å². The molecule has 0 saturated carbocycles. The minimum Gasteiger partial charge on any atom is -0.393 e. The fourth-order valence-corrected chi connectivity index (χ4v) is 6.78. The number of aliphatic hydroxyl groups excluding tert-OH is 2. The Morgan fingerprint density at radius 3 is 2.08 bits per heavy atom. The van der Waals surface area contributed by atoms with E-state index >= 15 is 4.79 Å². The van der Waals surface area contributed by atoms with Gasteiger partial charge in [0.2, 0.25) is 17.7 Å². The van der Waals surface area contributed by atoms with Crippen LogP contribution in [0, 0.1) is 11.8 Å². The third-order valence-corrected chi connectivity index (χ3v) is 9.78. The summed E-state index contributed by atoms with van der Waals surface area (Å²) in [6.45, 7) is 14.5. The zero-order valence-corrected chi connectivity index (χ0v) is 32.8. The van der Waals surface area contributed by atoms with Crippen molar-refractivity contribution in [2.45, 2.75) is 130 Å². The molecule has 0 saturated heterocycles. The number of likely N-dealkylation sites (N-methyl/N-ethyl adjacent to an activating group) is 1. The van der Waals surface area contributed by atoms with E-state index in [9.17, 15) is 19.8 Å². The molecule has 3 rings (SSSR count). The summed E-state index contributed by atoms with van der Waals surface area (Å²) >= 11 is 0. The molecule has 9 heteroatoms. The van der Waals surface area contributed by atoms with Crippen LogP contribution < -0.4 is 15.5 Å². The first kappa shape index (κ1) is 42.6. The van der Waals surface area contributed by atoms with Crippen LogP contribution >= 0.6 is 0 Å². The number of benzene rings is 3. The third-order valence-electron chi connectivity index (χ3n) is 9.78. The van der Waals surface area contributed by atoms with Crippen molar-refractivity contribution >= 4 is 34.2 Å². The number of hydrogen-bond acceptors (Lipinski definition) is 6. The quantitative estimate of drug-likeness (QED) is 0.0959. The highest BCUT2D eigenvalue weighted by atomic mass is 16.3. The van der Waals surface area contributed by atoms with Crippen molar-refractivity contribution in [2.24, 2.45) is 11.8 Å². The number of rotatable bonds is 21. The summed E-state index contributed by atoms with van der Waals surface area (Å²) in [5.74, 6) is -0.712. The van der Waals surface area contributed by atoms with Crippen molar-refractivity contribution < 1.29 is 24.6 Å². The first-order chi connectivity index (χ1) is 24.7. The summed E-state index contributed by atoms with van der Waals surface area (Å²) in [6, 6.07) is 21.9. The Morgan fingerprint density at radius 1 is 0.788 bits per heavy atom. The van der Waals surface area contributed by atoms with E-state index in [0.29, 0.717) is 44.0 Å². The van der Waals surface area contributed by atoms with Gasteiger partial charge in [0.15, 0.2) is 0 Å². The van der Waals surface area contributed by atoms with Crippen LogP contribution in [0.2, 0.25) is 0 Å². The van der Waals surface area contributed by atoms with E-state index in [-0.39, 0.29) is 24.7 Å². The molecule has 286 valence electrons. The number of aliphatic hydroxyl groups is 2. The Bertz CT molecular complexity index is 1560. The Kier molecular flexibility index (Phi) is 16.8. The smallest absolute Gasteiger partial charge is 0.245 e. The molecule has 3 aromatic rings. The number of fused-ring (bicyclic) bond motifs is 1. The normalized spacial score (nSPS) is 15.2. The highest BCUT2D eigenvalue weighted by Gasteiger charge is 2.45. The lowest BCUT2D eigenvalue weighted by Gasteiger charge is -2.40. The van der Waals surface area contributed by atoms with Crippen molar-refractivity contribution in [3.8, 4) is 0 Å². The number of nitrogens with one attached hydrogen (secondary N) is 2. The monoisotopic (exact) mass is 716 g/mol. The van der Waals surface area contributed by atoms with E-state index in [1.807, 2.05) is 112 Å². The predicted molar refractivity (Wildman–Crippen MR) is 212 cm³/mol. The molecular weight excluding hydrogens is 652 g/mol. The van der Waals surface area contributed by atoms with E-state index < -0.39 is 41.6 Å². The molecule has 0 aliphatic rings. The molecule has 0 aromatic heterocycles. The van der Waals surface area contributed by atoms with Gasteiger partial charge in [-0.3, -0.25) is 24.2 Å². The summed E-state index contributed by atoms with van der Waals surface area (Å²) in [6.07, 6.45) is 0.942. The van der Waals surface area contributed by atoms with Crippen LogP contribution in [0.25, 0.3) is 10.8 Å². The van der Waals surface area contributed by atoms with Crippen LogP contribution in [0.3, 0.4) is 0 Å². The SMILES string of the molecule is CCCC[C@@H](C(=O)NC(CC(C)O)(CC(O)CCC(C)C)C(=O)NCC(C)C)N(C(=O)[C@H](C)N(C)Cc1ccccc1)c1cccc2ccccc12. The van der Waals surface area contributed by atoms with Gasteiger partial charge in [0, 0.05) is 31.3 Å². The number of hydrogen-bond donors (Lipinski definition) is 4. The van der Waals surface area contributed by atoms with Crippen LogP contribution in [0.1, 0.15) is 99.0 Å². The minimum atomic E-state index is -1.62. The maximum absolute atomic E-state index is 15.0. The fourth-order valence-electron chi connectivity index (χ4n) is 6.78. The fraction of sp³-hybridized carbons (Fsp3) is 0.558. The average molecular weight is 717 g/mol. The van der Waals surface area contributed by atoms with Gasteiger partial charge in [-0.25, -0.2) is 0 Å². The molecule has 3 unspecified atom stereocenters. The maximum atomic E-state index is 15.0. The average Bonchev–Trinajstić information content (AvgIpc) is 3.10. The molecule has 9 nitrogen and oxygen atoms in total. The van der Waals surface area contributed by atoms with Gasteiger partial charge in [-0.15, -0.1) is 0 Å². The van der Waals surface area contributed by atoms with E-state index in [4.69, 9.17) is 0 Å². The Morgan fingerprint density at radius 2 is 1.44 bits per heavy atom. The minimum absolute atomic E-state index is 0.0702. The second-order valence-corrected chi connectivity index (χ2v) is 15.5. The molecule has 4 N–H and O–H groups in total. The predicted octanol–water partition coefficient (Wildman–Crippen LogP) is 6.84. The standard InChI is InChI=1S/C43H64N4O5/c1-9-10-22-39(40(50)45-43(26-32(6)48,42(52)44-28-31(4)5)27-36(49)25-24-30(2)3)47(38-23-16-20-35-19-14-15-21-37(35)38)41(51)33(7)46(8)29-34-17-12-11-13-18-34/h11-21,23,30-33,36,39,48-49H,9-10,22,24-29H2,1-8H3,(H,44,52)(H,45,50)/t32?,33-,36?,39-,43?/m0/s1. The molecule has 5 atom stereocenters. The summed E-state index contributed by atoms with van der Waals surface area (Å²) in [4.78, 5) is 47.8. The van der Waals surface area contributed by atoms with Crippen LogP contribution in [0.15, 0.2) is 72.8 Å². The number of anilines is 1. The zero-order valence-electron chi connectivity index (χ0n) is 32.8. The highest BCUT2D eigenvalue weighted by molar-refractivity contribution is 6.09. The molecule has 0 heterocycles. The number of amides is 3. The Hall–Kier alpha value is -3.79. The second kappa shape index (κ2) is 20.5. The number of carbonyl (C=O) groups excluding carboxylic acids is 3. The maximum Gasteiger partial charge on any atom is 0.245 e. The summed E-state index contributed by atoms with van der Waals surface area (Å²) < 4.78 is 0. The van der Waals surface area contributed by atoms with Crippen LogP contribution in [0.4, 0.5) is 5.69 Å². The molecule has 3 amide bonds. The van der Waals surface area contributed by atoms with Gasteiger partial charge in [0.1, 0.15) is 11.6 Å². The molecule has 0 bridgehead atoms. The van der Waals surface area contributed by atoms with Gasteiger partial charge in [0.05, 0.1) is 23.9 Å².